The van der Waals surface area contributed by atoms with E-state index in [4.69, 9.17) is 5.26 Å². The minimum absolute atomic E-state index is 0.140. The maximum Gasteiger partial charge on any atom is 0.104 e. The van der Waals surface area contributed by atoms with Crippen LogP contribution in [0.4, 0.5) is 0 Å². The second-order valence-corrected chi connectivity index (χ2v) is 7.29. The minimum atomic E-state index is -0.184. The number of nitriles is 2. The first-order valence-corrected chi connectivity index (χ1v) is 8.29. The van der Waals surface area contributed by atoms with Crippen LogP contribution < -0.4 is 0 Å². The lowest BCUT2D eigenvalue weighted by molar-refractivity contribution is 0.210. The van der Waals surface area contributed by atoms with Gasteiger partial charge in [0, 0.05) is 13.1 Å². The lowest BCUT2D eigenvalue weighted by atomic mass is 9.89. The predicted molar refractivity (Wildman–Crippen MR) is 80.8 cm³/mol. The normalized spacial score (nSPS) is 19.6. The molecule has 0 aliphatic carbocycles. The van der Waals surface area contributed by atoms with E-state index in [1.165, 1.54) is 0 Å². The van der Waals surface area contributed by atoms with Crippen LogP contribution in [-0.4, -0.2) is 35.5 Å². The molecule has 1 aliphatic rings. The van der Waals surface area contributed by atoms with E-state index < -0.39 is 0 Å². The number of hydrogen-bond donors (Lipinski definition) is 0. The van der Waals surface area contributed by atoms with Gasteiger partial charge in [-0.15, -0.1) is 11.8 Å². The molecule has 0 atom stereocenters. The van der Waals surface area contributed by atoms with Crippen LogP contribution in [0.1, 0.15) is 46.0 Å². The molecule has 1 aliphatic heterocycles. The maximum atomic E-state index is 9.24. The smallest absolute Gasteiger partial charge is 0.104 e. The summed E-state index contributed by atoms with van der Waals surface area (Å²) in [5.74, 6) is 0. The van der Waals surface area contributed by atoms with E-state index in [0.717, 1.165) is 51.7 Å². The van der Waals surface area contributed by atoms with Crippen LogP contribution >= 0.6 is 11.8 Å². The Kier molecular flexibility index (Phi) is 6.17. The van der Waals surface area contributed by atoms with Crippen molar-refractivity contribution in [1.29, 1.82) is 10.5 Å². The predicted octanol–water partition coefficient (Wildman–Crippen LogP) is 3.43. The Balaban J connectivity index is 2.21. The van der Waals surface area contributed by atoms with Crippen molar-refractivity contribution in [3.8, 4) is 12.1 Å². The zero-order valence-corrected chi connectivity index (χ0v) is 13.2. The second-order valence-electron chi connectivity index (χ2n) is 6.10. The third kappa shape index (κ3) is 5.05. The molecule has 0 bridgehead atoms. The molecule has 0 aromatic heterocycles. The number of likely N-dealkylation sites (tertiary alicyclic amines) is 1. The molecule has 0 N–H and O–H groups in total. The summed E-state index contributed by atoms with van der Waals surface area (Å²) in [6.45, 7) is 7.20. The molecule has 106 valence electrons. The van der Waals surface area contributed by atoms with Gasteiger partial charge in [0.1, 0.15) is 4.75 Å². The highest BCUT2D eigenvalue weighted by molar-refractivity contribution is 8.00. The van der Waals surface area contributed by atoms with Crippen LogP contribution in [0.3, 0.4) is 0 Å². The highest BCUT2D eigenvalue weighted by atomic mass is 32.2. The van der Waals surface area contributed by atoms with E-state index in [2.05, 4.69) is 17.0 Å². The highest BCUT2D eigenvalue weighted by Crippen LogP contribution is 2.33. The average molecular weight is 279 g/mol. The van der Waals surface area contributed by atoms with Crippen LogP contribution in [0, 0.1) is 28.1 Å². The molecule has 0 amide bonds. The molecule has 0 aromatic carbocycles. The summed E-state index contributed by atoms with van der Waals surface area (Å²) in [7, 11) is 0. The largest absolute Gasteiger partial charge is 0.303 e. The van der Waals surface area contributed by atoms with Crippen molar-refractivity contribution >= 4 is 11.8 Å². The fourth-order valence-corrected chi connectivity index (χ4v) is 3.14. The summed E-state index contributed by atoms with van der Waals surface area (Å²) in [4.78, 5) is 2.46. The third-order valence-corrected chi connectivity index (χ3v) is 5.37. The van der Waals surface area contributed by atoms with Crippen molar-refractivity contribution in [3.63, 3.8) is 0 Å². The van der Waals surface area contributed by atoms with Crippen molar-refractivity contribution in [2.24, 2.45) is 5.41 Å². The monoisotopic (exact) mass is 279 g/mol. The molecule has 1 fully saturated rings. The zero-order chi connectivity index (χ0) is 14.4. The Hall–Kier alpha value is -0.710. The van der Waals surface area contributed by atoms with E-state index in [9.17, 15) is 5.26 Å². The van der Waals surface area contributed by atoms with Crippen LogP contribution in [0.2, 0.25) is 0 Å². The Morgan fingerprint density at radius 1 is 1.21 bits per heavy atom. The van der Waals surface area contributed by atoms with Gasteiger partial charge in [0.05, 0.1) is 17.6 Å². The van der Waals surface area contributed by atoms with Crippen molar-refractivity contribution in [2.75, 3.05) is 25.9 Å². The van der Waals surface area contributed by atoms with Crippen LogP contribution in [0.5, 0.6) is 0 Å². The summed E-state index contributed by atoms with van der Waals surface area (Å²) in [6.07, 6.45) is 7.25. The molecule has 0 unspecified atom stereocenters. The standard InChI is InChI=1S/C15H25N3S/c1-14(2,12-16)6-4-5-9-18-10-7-15(13-17,19-3)8-11-18/h4-11H2,1-3H3. The van der Waals surface area contributed by atoms with E-state index >= 15 is 0 Å². The summed E-state index contributed by atoms with van der Waals surface area (Å²) in [6, 6.07) is 4.84. The van der Waals surface area contributed by atoms with Crippen molar-refractivity contribution in [3.05, 3.63) is 0 Å². The van der Waals surface area contributed by atoms with Crippen molar-refractivity contribution in [1.82, 2.24) is 4.90 Å². The molecular weight excluding hydrogens is 254 g/mol. The zero-order valence-electron chi connectivity index (χ0n) is 12.4. The molecule has 1 saturated heterocycles. The number of unbranched alkanes of at least 4 members (excludes halogenated alkanes) is 1. The van der Waals surface area contributed by atoms with E-state index in [-0.39, 0.29) is 10.2 Å². The van der Waals surface area contributed by atoms with Gasteiger partial charge >= 0.3 is 0 Å². The summed E-state index contributed by atoms with van der Waals surface area (Å²) in [5.41, 5.74) is -0.184. The van der Waals surface area contributed by atoms with Gasteiger partial charge in [-0.25, -0.2) is 0 Å². The number of nitrogens with zero attached hydrogens (tertiary/aromatic N) is 3. The van der Waals surface area contributed by atoms with Crippen LogP contribution in [-0.2, 0) is 0 Å². The van der Waals surface area contributed by atoms with Crippen molar-refractivity contribution in [2.45, 2.75) is 50.7 Å². The molecule has 1 rings (SSSR count). The summed E-state index contributed by atoms with van der Waals surface area (Å²) >= 11 is 1.71. The van der Waals surface area contributed by atoms with Gasteiger partial charge in [0.15, 0.2) is 0 Å². The Morgan fingerprint density at radius 3 is 2.32 bits per heavy atom. The van der Waals surface area contributed by atoms with Gasteiger partial charge in [-0.05, 0) is 52.3 Å². The first-order valence-electron chi connectivity index (χ1n) is 7.07. The SMILES string of the molecule is CSC1(C#N)CCN(CCCCC(C)(C)C#N)CC1. The average Bonchev–Trinajstić information content (AvgIpc) is 2.44. The fraction of sp³-hybridized carbons (Fsp3) is 0.867. The highest BCUT2D eigenvalue weighted by Gasteiger charge is 2.33. The molecule has 0 spiro atoms. The molecule has 1 heterocycles. The van der Waals surface area contributed by atoms with Crippen LogP contribution in [0.15, 0.2) is 0 Å². The van der Waals surface area contributed by atoms with E-state index in [0.29, 0.717) is 0 Å². The van der Waals surface area contributed by atoms with Gasteiger partial charge in [0.25, 0.3) is 0 Å². The lowest BCUT2D eigenvalue weighted by Gasteiger charge is -2.36. The topological polar surface area (TPSA) is 50.8 Å². The molecule has 3 nitrogen and oxygen atoms in total. The van der Waals surface area contributed by atoms with Crippen LogP contribution in [0.25, 0.3) is 0 Å². The Labute approximate surface area is 122 Å². The maximum absolute atomic E-state index is 9.24. The molecule has 0 saturated carbocycles. The van der Waals surface area contributed by atoms with Gasteiger partial charge in [0.2, 0.25) is 0 Å². The van der Waals surface area contributed by atoms with E-state index in [1.54, 1.807) is 11.8 Å². The quantitative estimate of drug-likeness (QED) is 0.699. The first-order chi connectivity index (χ1) is 8.97. The minimum Gasteiger partial charge on any atom is -0.303 e. The van der Waals surface area contributed by atoms with E-state index in [1.807, 2.05) is 20.1 Å². The molecule has 0 aromatic rings. The third-order valence-electron chi connectivity index (χ3n) is 4.09. The molecule has 0 radical (unpaired) electrons. The Morgan fingerprint density at radius 2 is 1.84 bits per heavy atom. The molecule has 4 heteroatoms. The van der Waals surface area contributed by atoms with Gasteiger partial charge in [-0.2, -0.15) is 10.5 Å². The van der Waals surface area contributed by atoms with Gasteiger partial charge in [-0.3, -0.25) is 0 Å². The van der Waals surface area contributed by atoms with Gasteiger partial charge in [-0.1, -0.05) is 6.42 Å². The van der Waals surface area contributed by atoms with Crippen molar-refractivity contribution < 1.29 is 0 Å². The summed E-state index contributed by atoms with van der Waals surface area (Å²) < 4.78 is -0.140. The fourth-order valence-electron chi connectivity index (χ4n) is 2.46. The molecular formula is C15H25N3S. The number of piperidine rings is 1. The Bertz CT molecular complexity index is 357. The second kappa shape index (κ2) is 7.17. The van der Waals surface area contributed by atoms with Gasteiger partial charge < -0.3 is 4.90 Å². The first kappa shape index (κ1) is 16.3. The lowest BCUT2D eigenvalue weighted by Crippen LogP contribution is -2.41. The molecule has 19 heavy (non-hydrogen) atoms. The summed E-state index contributed by atoms with van der Waals surface area (Å²) in [5, 5.41) is 18.2. The number of hydrogen-bond acceptors (Lipinski definition) is 4. The number of rotatable bonds is 6. The number of thioether (sulfide) groups is 1.